The molecule has 0 saturated heterocycles. The van der Waals surface area contributed by atoms with Crippen molar-refractivity contribution in [2.24, 2.45) is 11.7 Å². The number of carboxylic acid groups (broad SMARTS) is 1. The second-order valence-corrected chi connectivity index (χ2v) is 2.29. The van der Waals surface area contributed by atoms with Crippen molar-refractivity contribution in [3.8, 4) is 0 Å². The number of Topliss-reactive ketones (excluding diaryl/α,β-unsaturated/α-hetero) is 1. The summed E-state index contributed by atoms with van der Waals surface area (Å²) in [5, 5.41) is 8.40. The van der Waals surface area contributed by atoms with E-state index in [4.69, 9.17) is 10.8 Å². The van der Waals surface area contributed by atoms with Crippen LogP contribution >= 0.6 is 15.9 Å². The van der Waals surface area contributed by atoms with Gasteiger partial charge in [0.25, 0.3) is 0 Å². The highest BCUT2D eigenvalue weighted by Crippen LogP contribution is 1.98. The van der Waals surface area contributed by atoms with Gasteiger partial charge in [-0.2, -0.15) is 0 Å². The van der Waals surface area contributed by atoms with Gasteiger partial charge in [-0.1, -0.05) is 15.9 Å². The average Bonchev–Trinajstić information content (AvgIpc) is 1.88. The van der Waals surface area contributed by atoms with E-state index in [1.807, 2.05) is 0 Å². The van der Waals surface area contributed by atoms with Crippen LogP contribution in [0.25, 0.3) is 0 Å². The van der Waals surface area contributed by atoms with Gasteiger partial charge in [-0.15, -0.1) is 0 Å². The molecule has 4 nitrogen and oxygen atoms in total. The van der Waals surface area contributed by atoms with E-state index in [-0.39, 0.29) is 11.9 Å². The number of carboxylic acids is 1. The number of alkyl halides is 1. The van der Waals surface area contributed by atoms with E-state index >= 15 is 0 Å². The Morgan fingerprint density at radius 2 is 2.10 bits per heavy atom. The average molecular weight is 210 g/mol. The fourth-order valence-corrected chi connectivity index (χ4v) is 0.854. The third-order valence-corrected chi connectivity index (χ3v) is 1.61. The van der Waals surface area contributed by atoms with Crippen LogP contribution in [0.2, 0.25) is 0 Å². The standard InChI is InChI=1S/C5H8BrNO3/c6-1-4(8)3(2-7)5(9)10/h3H,1-2,7H2,(H,9,10). The Morgan fingerprint density at radius 3 is 2.20 bits per heavy atom. The SMILES string of the molecule is NCC(C(=O)O)C(=O)CBr. The predicted molar refractivity (Wildman–Crippen MR) is 39.0 cm³/mol. The third kappa shape index (κ3) is 2.45. The smallest absolute Gasteiger partial charge is 0.315 e. The maximum absolute atomic E-state index is 10.7. The molecular formula is C5H8BrNO3. The van der Waals surface area contributed by atoms with Crippen molar-refractivity contribution in [1.82, 2.24) is 0 Å². The lowest BCUT2D eigenvalue weighted by Crippen LogP contribution is -2.31. The summed E-state index contributed by atoms with van der Waals surface area (Å²) >= 11 is 2.86. The largest absolute Gasteiger partial charge is 0.481 e. The molecule has 0 aliphatic carbocycles. The highest BCUT2D eigenvalue weighted by molar-refractivity contribution is 9.09. The summed E-state index contributed by atoms with van der Waals surface area (Å²) in [4.78, 5) is 20.9. The van der Waals surface area contributed by atoms with Crippen LogP contribution in [0.15, 0.2) is 0 Å². The first-order chi connectivity index (χ1) is 4.63. The van der Waals surface area contributed by atoms with Crippen molar-refractivity contribution in [2.45, 2.75) is 0 Å². The zero-order valence-corrected chi connectivity index (χ0v) is 6.80. The van der Waals surface area contributed by atoms with Crippen LogP contribution in [0.3, 0.4) is 0 Å². The van der Waals surface area contributed by atoms with Gasteiger partial charge in [0.1, 0.15) is 5.92 Å². The molecule has 0 aromatic rings. The van der Waals surface area contributed by atoms with Crippen LogP contribution in [-0.2, 0) is 9.59 Å². The summed E-state index contributed by atoms with van der Waals surface area (Å²) in [5.41, 5.74) is 5.03. The fourth-order valence-electron chi connectivity index (χ4n) is 0.463. The van der Waals surface area contributed by atoms with Crippen LogP contribution in [0.1, 0.15) is 0 Å². The van der Waals surface area contributed by atoms with E-state index in [2.05, 4.69) is 15.9 Å². The third-order valence-electron chi connectivity index (χ3n) is 1.05. The lowest BCUT2D eigenvalue weighted by atomic mass is 10.1. The van der Waals surface area contributed by atoms with Gasteiger partial charge in [-0.05, 0) is 0 Å². The van der Waals surface area contributed by atoms with E-state index < -0.39 is 17.7 Å². The number of halogens is 1. The van der Waals surface area contributed by atoms with Crippen LogP contribution < -0.4 is 5.73 Å². The molecule has 5 heteroatoms. The first-order valence-corrected chi connectivity index (χ1v) is 3.77. The molecule has 3 N–H and O–H groups in total. The summed E-state index contributed by atoms with van der Waals surface area (Å²) in [7, 11) is 0. The number of carbonyl (C=O) groups excluding carboxylic acids is 1. The van der Waals surface area contributed by atoms with Crippen molar-refractivity contribution in [1.29, 1.82) is 0 Å². The normalized spacial score (nSPS) is 12.6. The predicted octanol–water partition coefficient (Wildman–Crippen LogP) is -0.390. The highest BCUT2D eigenvalue weighted by Gasteiger charge is 2.22. The first-order valence-electron chi connectivity index (χ1n) is 2.65. The van der Waals surface area contributed by atoms with Crippen LogP contribution in [-0.4, -0.2) is 28.7 Å². The van der Waals surface area contributed by atoms with Crippen LogP contribution in [0, 0.1) is 5.92 Å². The van der Waals surface area contributed by atoms with Gasteiger partial charge in [0.05, 0.1) is 5.33 Å². The highest BCUT2D eigenvalue weighted by atomic mass is 79.9. The van der Waals surface area contributed by atoms with E-state index in [1.54, 1.807) is 0 Å². The molecule has 0 heterocycles. The van der Waals surface area contributed by atoms with Gasteiger partial charge in [-0.3, -0.25) is 9.59 Å². The van der Waals surface area contributed by atoms with Gasteiger partial charge >= 0.3 is 5.97 Å². The molecule has 0 spiro atoms. The topological polar surface area (TPSA) is 80.4 Å². The van der Waals surface area contributed by atoms with Gasteiger partial charge in [-0.25, -0.2) is 0 Å². The molecule has 0 rings (SSSR count). The molecule has 0 amide bonds. The number of rotatable bonds is 4. The lowest BCUT2D eigenvalue weighted by Gasteiger charge is -2.04. The van der Waals surface area contributed by atoms with Crippen molar-refractivity contribution < 1.29 is 14.7 Å². The molecule has 0 aromatic carbocycles. The molecule has 0 saturated carbocycles. The minimum atomic E-state index is -1.16. The Bertz CT molecular complexity index is 148. The summed E-state index contributed by atoms with van der Waals surface area (Å²) in [6.45, 7) is -0.139. The molecule has 10 heavy (non-hydrogen) atoms. The van der Waals surface area contributed by atoms with E-state index in [0.717, 1.165) is 0 Å². The Labute approximate surface area is 66.5 Å². The molecule has 0 aliphatic rings. The molecule has 0 aliphatic heterocycles. The zero-order chi connectivity index (χ0) is 8.15. The second kappa shape index (κ2) is 4.40. The quantitative estimate of drug-likeness (QED) is 0.489. The summed E-state index contributed by atoms with van der Waals surface area (Å²) in [6, 6.07) is 0. The van der Waals surface area contributed by atoms with Gasteiger partial charge < -0.3 is 10.8 Å². The molecule has 0 radical (unpaired) electrons. The first kappa shape index (κ1) is 9.58. The van der Waals surface area contributed by atoms with Crippen molar-refractivity contribution in [3.63, 3.8) is 0 Å². The monoisotopic (exact) mass is 209 g/mol. The maximum Gasteiger partial charge on any atom is 0.315 e. The Balaban J connectivity index is 4.06. The van der Waals surface area contributed by atoms with Crippen molar-refractivity contribution in [2.75, 3.05) is 11.9 Å². The van der Waals surface area contributed by atoms with E-state index in [9.17, 15) is 9.59 Å². The maximum atomic E-state index is 10.7. The summed E-state index contributed by atoms with van der Waals surface area (Å²) in [5.74, 6) is -2.61. The van der Waals surface area contributed by atoms with Gasteiger partial charge in [0, 0.05) is 6.54 Å². The second-order valence-electron chi connectivity index (χ2n) is 1.73. The van der Waals surface area contributed by atoms with E-state index in [1.165, 1.54) is 0 Å². The van der Waals surface area contributed by atoms with Crippen LogP contribution in [0.5, 0.6) is 0 Å². The number of nitrogens with two attached hydrogens (primary N) is 1. The number of aliphatic carboxylic acids is 1. The van der Waals surface area contributed by atoms with Crippen LogP contribution in [0.4, 0.5) is 0 Å². The minimum absolute atomic E-state index is 0.0428. The molecule has 0 fully saturated rings. The Hall–Kier alpha value is -0.420. The number of carbonyl (C=O) groups is 2. The van der Waals surface area contributed by atoms with E-state index in [0.29, 0.717) is 0 Å². The Morgan fingerprint density at radius 1 is 1.60 bits per heavy atom. The molecule has 58 valence electrons. The molecule has 1 atom stereocenters. The molecule has 0 bridgehead atoms. The molecule has 0 aromatic heterocycles. The number of hydrogen-bond acceptors (Lipinski definition) is 3. The summed E-state index contributed by atoms with van der Waals surface area (Å²) in [6.07, 6.45) is 0. The number of hydrogen-bond donors (Lipinski definition) is 2. The summed E-state index contributed by atoms with van der Waals surface area (Å²) < 4.78 is 0. The Kier molecular flexibility index (Phi) is 4.22. The number of ketones is 1. The van der Waals surface area contributed by atoms with Gasteiger partial charge in [0.15, 0.2) is 5.78 Å². The minimum Gasteiger partial charge on any atom is -0.481 e. The molecule has 1 unspecified atom stereocenters. The van der Waals surface area contributed by atoms with Crippen molar-refractivity contribution >= 4 is 27.7 Å². The van der Waals surface area contributed by atoms with Gasteiger partial charge in [0.2, 0.25) is 0 Å². The molecular weight excluding hydrogens is 202 g/mol. The lowest BCUT2D eigenvalue weighted by molar-refractivity contribution is -0.145. The fraction of sp³-hybridized carbons (Fsp3) is 0.600. The van der Waals surface area contributed by atoms with Crippen molar-refractivity contribution in [3.05, 3.63) is 0 Å². The zero-order valence-electron chi connectivity index (χ0n) is 5.21.